The van der Waals surface area contributed by atoms with Crippen LogP contribution >= 0.6 is 0 Å². The Morgan fingerprint density at radius 3 is 2.35 bits per heavy atom. The van der Waals surface area contributed by atoms with Crippen LogP contribution in [-0.4, -0.2) is 27.4 Å². The van der Waals surface area contributed by atoms with Crippen LogP contribution in [0.4, 0.5) is 0 Å². The van der Waals surface area contributed by atoms with E-state index in [2.05, 4.69) is 12.4 Å². The van der Waals surface area contributed by atoms with Gasteiger partial charge < -0.3 is 9.47 Å². The summed E-state index contributed by atoms with van der Waals surface area (Å²) in [6, 6.07) is 8.18. The highest BCUT2D eigenvalue weighted by Crippen LogP contribution is 2.19. The molecule has 1 aromatic carbocycles. The van der Waals surface area contributed by atoms with Crippen LogP contribution in [0.1, 0.15) is 24.9 Å². The molecule has 0 aliphatic heterocycles. The SMILES string of the molecule is CCC(NOCCOC)c1ccc(OC)cc1. The van der Waals surface area contributed by atoms with E-state index < -0.39 is 0 Å². The van der Waals surface area contributed by atoms with Gasteiger partial charge in [0.25, 0.3) is 0 Å². The summed E-state index contributed by atoms with van der Waals surface area (Å²) in [5.74, 6) is 0.865. The van der Waals surface area contributed by atoms with Gasteiger partial charge in [0.1, 0.15) is 5.75 Å². The predicted octanol–water partition coefficient (Wildman–Crippen LogP) is 2.31. The highest BCUT2D eigenvalue weighted by molar-refractivity contribution is 5.28. The lowest BCUT2D eigenvalue weighted by atomic mass is 10.1. The van der Waals surface area contributed by atoms with Crippen molar-refractivity contribution >= 4 is 0 Å². The minimum absolute atomic E-state index is 0.192. The van der Waals surface area contributed by atoms with Crippen molar-refractivity contribution in [2.24, 2.45) is 0 Å². The number of hydroxylamine groups is 1. The Morgan fingerprint density at radius 2 is 1.82 bits per heavy atom. The van der Waals surface area contributed by atoms with E-state index in [1.165, 1.54) is 5.56 Å². The lowest BCUT2D eigenvalue weighted by Gasteiger charge is -2.17. The number of rotatable bonds is 8. The zero-order valence-corrected chi connectivity index (χ0v) is 10.7. The molecule has 0 saturated heterocycles. The molecule has 0 aliphatic rings. The molecule has 1 unspecified atom stereocenters. The molecule has 0 amide bonds. The number of ether oxygens (including phenoxy) is 2. The molecule has 0 radical (unpaired) electrons. The maximum Gasteiger partial charge on any atom is 0.118 e. The van der Waals surface area contributed by atoms with Crippen molar-refractivity contribution in [2.45, 2.75) is 19.4 Å². The van der Waals surface area contributed by atoms with Crippen LogP contribution in [0, 0.1) is 0 Å². The van der Waals surface area contributed by atoms with Gasteiger partial charge in [-0.15, -0.1) is 0 Å². The van der Waals surface area contributed by atoms with Crippen LogP contribution in [0.15, 0.2) is 24.3 Å². The third kappa shape index (κ3) is 4.73. The molecule has 1 rings (SSSR count). The fraction of sp³-hybridized carbons (Fsp3) is 0.538. The van der Waals surface area contributed by atoms with Gasteiger partial charge >= 0.3 is 0 Å². The van der Waals surface area contributed by atoms with E-state index in [4.69, 9.17) is 14.3 Å². The van der Waals surface area contributed by atoms with Crippen molar-refractivity contribution < 1.29 is 14.3 Å². The van der Waals surface area contributed by atoms with Crippen LogP contribution < -0.4 is 10.2 Å². The summed E-state index contributed by atoms with van der Waals surface area (Å²) < 4.78 is 10.0. The molecule has 0 fully saturated rings. The van der Waals surface area contributed by atoms with Crippen LogP contribution in [0.5, 0.6) is 5.75 Å². The van der Waals surface area contributed by atoms with Gasteiger partial charge in [0.05, 0.1) is 26.4 Å². The van der Waals surface area contributed by atoms with E-state index in [9.17, 15) is 0 Å². The predicted molar refractivity (Wildman–Crippen MR) is 67.0 cm³/mol. The standard InChI is InChI=1S/C13H21NO3/c1-4-13(14-17-10-9-15-2)11-5-7-12(16-3)8-6-11/h5-8,13-14H,4,9-10H2,1-3H3. The van der Waals surface area contributed by atoms with Crippen molar-refractivity contribution in [3.63, 3.8) is 0 Å². The summed E-state index contributed by atoms with van der Waals surface area (Å²) in [6.45, 7) is 3.25. The molecule has 0 saturated carbocycles. The average Bonchev–Trinajstić information content (AvgIpc) is 2.39. The van der Waals surface area contributed by atoms with Crippen molar-refractivity contribution in [3.05, 3.63) is 29.8 Å². The molecule has 1 aromatic rings. The zero-order valence-electron chi connectivity index (χ0n) is 10.7. The normalized spacial score (nSPS) is 12.4. The van der Waals surface area contributed by atoms with E-state index in [0.29, 0.717) is 13.2 Å². The minimum Gasteiger partial charge on any atom is -0.497 e. The molecule has 96 valence electrons. The molecule has 17 heavy (non-hydrogen) atoms. The third-order valence-electron chi connectivity index (χ3n) is 2.54. The number of methoxy groups -OCH3 is 2. The van der Waals surface area contributed by atoms with Gasteiger partial charge in [-0.1, -0.05) is 19.1 Å². The highest BCUT2D eigenvalue weighted by Gasteiger charge is 2.08. The zero-order chi connectivity index (χ0) is 12.5. The van der Waals surface area contributed by atoms with Gasteiger partial charge in [-0.25, -0.2) is 0 Å². The number of benzene rings is 1. The van der Waals surface area contributed by atoms with E-state index in [0.717, 1.165) is 12.2 Å². The van der Waals surface area contributed by atoms with Crippen molar-refractivity contribution in [2.75, 3.05) is 27.4 Å². The highest BCUT2D eigenvalue weighted by atomic mass is 16.7. The maximum atomic E-state index is 5.33. The van der Waals surface area contributed by atoms with Gasteiger partial charge in [-0.05, 0) is 24.1 Å². The molecule has 4 heteroatoms. The quantitative estimate of drug-likeness (QED) is 0.558. The lowest BCUT2D eigenvalue weighted by molar-refractivity contribution is -0.0131. The molecular formula is C13H21NO3. The molecule has 0 spiro atoms. The van der Waals surface area contributed by atoms with E-state index in [1.807, 2.05) is 24.3 Å². The fourth-order valence-electron chi connectivity index (χ4n) is 1.51. The Labute approximate surface area is 103 Å². The van der Waals surface area contributed by atoms with Crippen LogP contribution in [0.2, 0.25) is 0 Å². The van der Waals surface area contributed by atoms with Crippen LogP contribution in [-0.2, 0) is 9.57 Å². The molecule has 4 nitrogen and oxygen atoms in total. The largest absolute Gasteiger partial charge is 0.497 e. The minimum atomic E-state index is 0.192. The molecule has 0 bridgehead atoms. The molecule has 1 N–H and O–H groups in total. The van der Waals surface area contributed by atoms with E-state index in [-0.39, 0.29) is 6.04 Å². The maximum absolute atomic E-state index is 5.33. The number of hydrogen-bond donors (Lipinski definition) is 1. The Morgan fingerprint density at radius 1 is 1.12 bits per heavy atom. The van der Waals surface area contributed by atoms with Gasteiger partial charge in [0.2, 0.25) is 0 Å². The molecule has 1 atom stereocenters. The van der Waals surface area contributed by atoms with Crippen molar-refractivity contribution in [1.82, 2.24) is 5.48 Å². The number of nitrogens with one attached hydrogen (secondary N) is 1. The Bertz CT molecular complexity index is 300. The summed E-state index contributed by atoms with van der Waals surface area (Å²) in [6.07, 6.45) is 0.958. The first-order valence-corrected chi connectivity index (χ1v) is 5.82. The average molecular weight is 239 g/mol. The third-order valence-corrected chi connectivity index (χ3v) is 2.54. The van der Waals surface area contributed by atoms with Crippen molar-refractivity contribution in [1.29, 1.82) is 0 Å². The topological polar surface area (TPSA) is 39.7 Å². The van der Waals surface area contributed by atoms with Crippen LogP contribution in [0.25, 0.3) is 0 Å². The van der Waals surface area contributed by atoms with E-state index in [1.54, 1.807) is 14.2 Å². The summed E-state index contributed by atoms with van der Waals surface area (Å²) in [7, 11) is 3.32. The molecule has 0 heterocycles. The van der Waals surface area contributed by atoms with Crippen molar-refractivity contribution in [3.8, 4) is 5.75 Å². The molecule has 0 aromatic heterocycles. The van der Waals surface area contributed by atoms with Gasteiger partial charge in [0.15, 0.2) is 0 Å². The summed E-state index contributed by atoms with van der Waals surface area (Å²) >= 11 is 0. The first kappa shape index (κ1) is 14.0. The first-order valence-electron chi connectivity index (χ1n) is 5.82. The molecule has 0 aliphatic carbocycles. The van der Waals surface area contributed by atoms with Gasteiger partial charge in [0, 0.05) is 7.11 Å². The van der Waals surface area contributed by atoms with Gasteiger partial charge in [-0.2, -0.15) is 5.48 Å². The summed E-state index contributed by atoms with van der Waals surface area (Å²) in [5, 5.41) is 0. The number of hydrogen-bond acceptors (Lipinski definition) is 4. The van der Waals surface area contributed by atoms with Crippen LogP contribution in [0.3, 0.4) is 0 Å². The second kappa shape index (κ2) is 8.06. The van der Waals surface area contributed by atoms with Gasteiger partial charge in [-0.3, -0.25) is 4.84 Å². The Balaban J connectivity index is 2.47. The first-order chi connectivity index (χ1) is 8.31. The second-order valence-electron chi connectivity index (χ2n) is 3.69. The lowest BCUT2D eigenvalue weighted by Crippen LogP contribution is -2.23. The summed E-state index contributed by atoms with van der Waals surface area (Å²) in [5.41, 5.74) is 4.22. The van der Waals surface area contributed by atoms with E-state index >= 15 is 0 Å². The Hall–Kier alpha value is -1.10. The second-order valence-corrected chi connectivity index (χ2v) is 3.69. The monoisotopic (exact) mass is 239 g/mol. The fourth-order valence-corrected chi connectivity index (χ4v) is 1.51. The molecular weight excluding hydrogens is 218 g/mol. The Kier molecular flexibility index (Phi) is 6.62. The smallest absolute Gasteiger partial charge is 0.118 e. The summed E-state index contributed by atoms with van der Waals surface area (Å²) in [4.78, 5) is 5.33.